The molecule has 0 aromatic heterocycles. The highest BCUT2D eigenvalue weighted by Crippen LogP contribution is 2.21. The molecule has 0 radical (unpaired) electrons. The van der Waals surface area contributed by atoms with Crippen molar-refractivity contribution >= 4 is 0 Å². The van der Waals surface area contributed by atoms with Crippen molar-refractivity contribution < 1.29 is 5.11 Å². The zero-order valence-electron chi connectivity index (χ0n) is 11.7. The summed E-state index contributed by atoms with van der Waals surface area (Å²) in [7, 11) is 0. The van der Waals surface area contributed by atoms with Crippen LogP contribution in [0.1, 0.15) is 42.6 Å². The predicted molar refractivity (Wildman–Crippen MR) is 79.3 cm³/mol. The maximum absolute atomic E-state index is 9.30. The van der Waals surface area contributed by atoms with Crippen molar-refractivity contribution in [2.45, 2.75) is 32.9 Å². The van der Waals surface area contributed by atoms with Crippen molar-refractivity contribution in [1.82, 2.24) is 5.32 Å². The molecule has 2 aromatic carbocycles. The Labute approximate surface area is 115 Å². The summed E-state index contributed by atoms with van der Waals surface area (Å²) in [6.45, 7) is 6.40. The SMILES string of the molecule is Cc1ccc([C@H](C)NC(C)c2ccc(O)cc2)cc1. The van der Waals surface area contributed by atoms with Gasteiger partial charge in [-0.05, 0) is 44.0 Å². The molecule has 1 unspecified atom stereocenters. The molecule has 0 saturated carbocycles. The lowest BCUT2D eigenvalue weighted by Gasteiger charge is -2.21. The van der Waals surface area contributed by atoms with Gasteiger partial charge in [0.05, 0.1) is 0 Å². The first-order valence-electron chi connectivity index (χ1n) is 6.68. The van der Waals surface area contributed by atoms with Gasteiger partial charge in [0.25, 0.3) is 0 Å². The summed E-state index contributed by atoms with van der Waals surface area (Å²) < 4.78 is 0. The number of phenols is 1. The van der Waals surface area contributed by atoms with E-state index < -0.39 is 0 Å². The molecule has 2 heteroatoms. The second kappa shape index (κ2) is 5.89. The molecule has 2 N–H and O–H groups in total. The van der Waals surface area contributed by atoms with E-state index in [9.17, 15) is 5.11 Å². The monoisotopic (exact) mass is 255 g/mol. The maximum Gasteiger partial charge on any atom is 0.115 e. The molecule has 2 atom stereocenters. The summed E-state index contributed by atoms with van der Waals surface area (Å²) in [5.74, 6) is 0.308. The maximum atomic E-state index is 9.30. The van der Waals surface area contributed by atoms with Gasteiger partial charge >= 0.3 is 0 Å². The molecule has 0 bridgehead atoms. The fraction of sp³-hybridized carbons (Fsp3) is 0.294. The molecule has 2 nitrogen and oxygen atoms in total. The molecule has 2 aromatic rings. The van der Waals surface area contributed by atoms with Gasteiger partial charge in [0, 0.05) is 12.1 Å². The molecule has 0 aliphatic heterocycles. The Bertz CT molecular complexity index is 466. The van der Waals surface area contributed by atoms with Crippen LogP contribution in [0.15, 0.2) is 48.5 Å². The molecule has 100 valence electrons. The smallest absolute Gasteiger partial charge is 0.115 e. The van der Waals surface area contributed by atoms with Gasteiger partial charge in [-0.25, -0.2) is 0 Å². The standard InChI is InChI=1S/C17H21NO/c1-12-4-6-15(7-5-12)13(2)18-14(3)16-8-10-17(19)11-9-16/h4-11,13-14,18-19H,1-3H3/t13-,14?/m0/s1. The molecule has 0 saturated heterocycles. The van der Waals surface area contributed by atoms with Gasteiger partial charge in [0.15, 0.2) is 0 Å². The number of hydrogen-bond donors (Lipinski definition) is 2. The van der Waals surface area contributed by atoms with Crippen LogP contribution in [0.2, 0.25) is 0 Å². The minimum Gasteiger partial charge on any atom is -0.508 e. The fourth-order valence-electron chi connectivity index (χ4n) is 2.19. The average molecular weight is 255 g/mol. The quantitative estimate of drug-likeness (QED) is 0.861. The number of nitrogens with one attached hydrogen (secondary N) is 1. The Hall–Kier alpha value is -1.80. The first-order chi connectivity index (χ1) is 9.06. The Kier molecular flexibility index (Phi) is 4.23. The summed E-state index contributed by atoms with van der Waals surface area (Å²) in [4.78, 5) is 0. The number of aromatic hydroxyl groups is 1. The van der Waals surface area contributed by atoms with E-state index >= 15 is 0 Å². The van der Waals surface area contributed by atoms with Crippen LogP contribution in [-0.2, 0) is 0 Å². The van der Waals surface area contributed by atoms with E-state index in [0.717, 1.165) is 0 Å². The van der Waals surface area contributed by atoms with Crippen LogP contribution in [0.25, 0.3) is 0 Å². The highest BCUT2D eigenvalue weighted by Gasteiger charge is 2.10. The van der Waals surface area contributed by atoms with Crippen LogP contribution < -0.4 is 5.32 Å². The minimum atomic E-state index is 0.247. The molecule has 19 heavy (non-hydrogen) atoms. The average Bonchev–Trinajstić information content (AvgIpc) is 2.40. The van der Waals surface area contributed by atoms with E-state index in [1.165, 1.54) is 16.7 Å². The Morgan fingerprint density at radius 2 is 1.21 bits per heavy atom. The van der Waals surface area contributed by atoms with Gasteiger partial charge in [-0.2, -0.15) is 0 Å². The van der Waals surface area contributed by atoms with E-state index in [1.54, 1.807) is 12.1 Å². The zero-order valence-corrected chi connectivity index (χ0v) is 11.7. The number of hydrogen-bond acceptors (Lipinski definition) is 2. The molecular formula is C17H21NO. The van der Waals surface area contributed by atoms with Crippen LogP contribution in [0, 0.1) is 6.92 Å². The molecule has 2 rings (SSSR count). The summed E-state index contributed by atoms with van der Waals surface area (Å²) in [5.41, 5.74) is 3.75. The third-order valence-corrected chi connectivity index (χ3v) is 3.47. The summed E-state index contributed by atoms with van der Waals surface area (Å²) in [6, 6.07) is 16.5. The van der Waals surface area contributed by atoms with Gasteiger partial charge < -0.3 is 10.4 Å². The lowest BCUT2D eigenvalue weighted by Crippen LogP contribution is -2.22. The molecule has 0 heterocycles. The zero-order chi connectivity index (χ0) is 13.8. The van der Waals surface area contributed by atoms with E-state index in [0.29, 0.717) is 11.8 Å². The Morgan fingerprint density at radius 3 is 1.68 bits per heavy atom. The number of benzene rings is 2. The normalized spacial score (nSPS) is 14.1. The molecule has 0 aliphatic carbocycles. The van der Waals surface area contributed by atoms with E-state index in [4.69, 9.17) is 0 Å². The Morgan fingerprint density at radius 1 is 0.789 bits per heavy atom. The molecule has 0 spiro atoms. The Balaban J connectivity index is 2.03. The van der Waals surface area contributed by atoms with Crippen molar-refractivity contribution in [3.05, 3.63) is 65.2 Å². The van der Waals surface area contributed by atoms with Crippen molar-refractivity contribution in [1.29, 1.82) is 0 Å². The lowest BCUT2D eigenvalue weighted by atomic mass is 10.0. The summed E-state index contributed by atoms with van der Waals surface area (Å²) in [5, 5.41) is 12.9. The van der Waals surface area contributed by atoms with Crippen molar-refractivity contribution in [2.24, 2.45) is 0 Å². The second-order valence-corrected chi connectivity index (χ2v) is 5.11. The molecule has 0 aliphatic rings. The predicted octanol–water partition coefficient (Wildman–Crippen LogP) is 4.11. The van der Waals surface area contributed by atoms with Gasteiger partial charge in [-0.3, -0.25) is 0 Å². The van der Waals surface area contributed by atoms with E-state index in [2.05, 4.69) is 50.4 Å². The van der Waals surface area contributed by atoms with E-state index in [-0.39, 0.29) is 6.04 Å². The highest BCUT2D eigenvalue weighted by molar-refractivity contribution is 5.28. The van der Waals surface area contributed by atoms with Crippen molar-refractivity contribution in [3.8, 4) is 5.75 Å². The minimum absolute atomic E-state index is 0.247. The van der Waals surface area contributed by atoms with Crippen molar-refractivity contribution in [3.63, 3.8) is 0 Å². The largest absolute Gasteiger partial charge is 0.508 e. The van der Waals surface area contributed by atoms with Crippen LogP contribution in [-0.4, -0.2) is 5.11 Å². The third-order valence-electron chi connectivity index (χ3n) is 3.47. The summed E-state index contributed by atoms with van der Waals surface area (Å²) >= 11 is 0. The molecular weight excluding hydrogens is 234 g/mol. The van der Waals surface area contributed by atoms with E-state index in [1.807, 2.05) is 12.1 Å². The van der Waals surface area contributed by atoms with Gasteiger partial charge in [0.2, 0.25) is 0 Å². The third kappa shape index (κ3) is 3.58. The van der Waals surface area contributed by atoms with Gasteiger partial charge in [0.1, 0.15) is 5.75 Å². The fourth-order valence-corrected chi connectivity index (χ4v) is 2.19. The summed E-state index contributed by atoms with van der Waals surface area (Å²) in [6.07, 6.45) is 0. The van der Waals surface area contributed by atoms with Crippen LogP contribution in [0.3, 0.4) is 0 Å². The molecule has 0 fully saturated rings. The number of phenolic OH excluding ortho intramolecular Hbond substituents is 1. The van der Waals surface area contributed by atoms with Crippen molar-refractivity contribution in [2.75, 3.05) is 0 Å². The topological polar surface area (TPSA) is 32.3 Å². The van der Waals surface area contributed by atoms with Crippen LogP contribution in [0.4, 0.5) is 0 Å². The number of rotatable bonds is 4. The molecule has 0 amide bonds. The first-order valence-corrected chi connectivity index (χ1v) is 6.68. The number of aryl methyl sites for hydroxylation is 1. The highest BCUT2D eigenvalue weighted by atomic mass is 16.3. The lowest BCUT2D eigenvalue weighted by molar-refractivity contribution is 0.472. The van der Waals surface area contributed by atoms with Crippen LogP contribution >= 0.6 is 0 Å². The van der Waals surface area contributed by atoms with Gasteiger partial charge in [-0.1, -0.05) is 42.0 Å². The second-order valence-electron chi connectivity index (χ2n) is 5.11. The van der Waals surface area contributed by atoms with Gasteiger partial charge in [-0.15, -0.1) is 0 Å². The first kappa shape index (κ1) is 13.6. The van der Waals surface area contributed by atoms with Crippen LogP contribution in [0.5, 0.6) is 5.75 Å².